The topological polar surface area (TPSA) is 241 Å². The minimum absolute atomic E-state index is 0.0393. The van der Waals surface area contributed by atoms with Crippen LogP contribution in [-0.2, 0) is 65.0 Å². The number of methoxy groups -OCH3 is 8. The van der Waals surface area contributed by atoms with E-state index in [1.807, 2.05) is 24.3 Å². The number of unbranched alkanes of at least 4 members (excludes halogenated alkanes) is 2. The largest absolute Gasteiger partial charge is 0.744 e. The Morgan fingerprint density at radius 1 is 0.437 bits per heavy atom. The van der Waals surface area contributed by atoms with Crippen LogP contribution in [0, 0.1) is 0 Å². The Morgan fingerprint density at radius 3 is 1.07 bits per heavy atom. The van der Waals surface area contributed by atoms with E-state index in [0.29, 0.717) is 107 Å². The molecule has 2 aliphatic heterocycles. The third-order valence-electron chi connectivity index (χ3n) is 16.1. The molecule has 0 N–H and O–H groups in total. The minimum Gasteiger partial charge on any atom is -0.744 e. The van der Waals surface area contributed by atoms with Crippen molar-refractivity contribution in [2.75, 3.05) is 110 Å². The van der Waals surface area contributed by atoms with Crippen LogP contribution in [0.1, 0.15) is 77.6 Å². The van der Waals surface area contributed by atoms with Gasteiger partial charge in [0.1, 0.15) is 32.3 Å². The molecule has 20 nitrogen and oxygen atoms in total. The summed E-state index contributed by atoms with van der Waals surface area (Å²) in [7, 11) is 9.11. The summed E-state index contributed by atoms with van der Waals surface area (Å²) in [5.74, 6) is 5.06. The van der Waals surface area contributed by atoms with Crippen molar-refractivity contribution in [1.82, 2.24) is 0 Å². The zero-order valence-electron chi connectivity index (χ0n) is 51.4. The van der Waals surface area contributed by atoms with Crippen molar-refractivity contribution in [1.29, 1.82) is 0 Å². The molecule has 0 unspecified atom stereocenters. The summed E-state index contributed by atoms with van der Waals surface area (Å²) in [6.45, 7) is 3.57. The van der Waals surface area contributed by atoms with Crippen molar-refractivity contribution in [2.45, 2.75) is 79.7 Å². The van der Waals surface area contributed by atoms with Gasteiger partial charge >= 0.3 is 11.9 Å². The molecule has 0 bridgehead atoms. The first-order chi connectivity index (χ1) is 41.6. The van der Waals surface area contributed by atoms with Gasteiger partial charge in [0.15, 0.2) is 46.0 Å². The summed E-state index contributed by atoms with van der Waals surface area (Å²) in [6.07, 6.45) is 5.85. The fourth-order valence-corrected chi connectivity index (χ4v) is 12.1. The van der Waals surface area contributed by atoms with Gasteiger partial charge in [0.05, 0.1) is 133 Å². The standard InChI is InChI=1S/C53H72N2O12.2C6H6O3S/c1-54(22-18-38-32-48(62-7)50(64-9)34-40(38)42(54)28-36-14-16-44(58-3)46(30-36)60-5)24-20-52(56)66-26-12-11-13-27-67-53(57)21-25-55(2)23-19-39-33-49(63-8)51(65-10)35-41(39)43(55)29-37-15-17-45(59-4)47(31-37)61-6;2*7-10(8,9)6-4-2-1-3-5-6/h14-17,30-35,42-43H,11-13,18-29H2,1-10H3;2*1-5H,(H,7,8,9)/q+2;;/p-2/t42-,43-,54+,55+;;/m0../s1. The predicted molar refractivity (Wildman–Crippen MR) is 324 cm³/mol. The van der Waals surface area contributed by atoms with Crippen LogP contribution < -0.4 is 37.9 Å². The van der Waals surface area contributed by atoms with Gasteiger partial charge in [0, 0.05) is 36.8 Å². The summed E-state index contributed by atoms with van der Waals surface area (Å²) in [5, 5.41) is 0. The lowest BCUT2D eigenvalue weighted by molar-refractivity contribution is -0.940. The van der Waals surface area contributed by atoms with Gasteiger partial charge < -0.3 is 65.4 Å². The highest BCUT2D eigenvalue weighted by atomic mass is 32.2. The summed E-state index contributed by atoms with van der Waals surface area (Å²) in [4.78, 5) is 26.0. The fourth-order valence-electron chi connectivity index (χ4n) is 11.1. The zero-order valence-corrected chi connectivity index (χ0v) is 53.0. The van der Waals surface area contributed by atoms with Crippen molar-refractivity contribution < 1.29 is 91.9 Å². The maximum atomic E-state index is 13.2. The number of hydrogen-bond donors (Lipinski definition) is 0. The minimum atomic E-state index is -4.25. The molecule has 0 aliphatic carbocycles. The molecule has 0 spiro atoms. The smallest absolute Gasteiger partial charge is 0.311 e. The van der Waals surface area contributed by atoms with Crippen molar-refractivity contribution >= 4 is 32.2 Å². The van der Waals surface area contributed by atoms with Crippen LogP contribution in [0.4, 0.5) is 0 Å². The van der Waals surface area contributed by atoms with Crippen LogP contribution in [0.15, 0.2) is 131 Å². The van der Waals surface area contributed by atoms with Gasteiger partial charge in [-0.05, 0) is 114 Å². The lowest BCUT2D eigenvalue weighted by Crippen LogP contribution is -2.53. The molecule has 8 rings (SSSR count). The molecule has 0 saturated carbocycles. The Kier molecular flexibility index (Phi) is 25.1. The Morgan fingerprint density at radius 2 is 0.759 bits per heavy atom. The zero-order chi connectivity index (χ0) is 63.4. The monoisotopic (exact) mass is 1240 g/mol. The van der Waals surface area contributed by atoms with E-state index < -0.39 is 20.2 Å². The fraction of sp³-hybridized carbons (Fsp3) is 0.415. The van der Waals surface area contributed by atoms with Gasteiger partial charge in [-0.3, -0.25) is 9.59 Å². The van der Waals surface area contributed by atoms with E-state index in [4.69, 9.17) is 47.4 Å². The third kappa shape index (κ3) is 18.7. The summed E-state index contributed by atoms with van der Waals surface area (Å²) >= 11 is 0. The molecule has 6 aromatic rings. The highest BCUT2D eigenvalue weighted by molar-refractivity contribution is 7.86. The Labute approximate surface area is 512 Å². The lowest BCUT2D eigenvalue weighted by atomic mass is 9.86. The molecule has 0 aromatic heterocycles. The number of quaternary nitrogens is 2. The summed E-state index contributed by atoms with van der Waals surface area (Å²) < 4.78 is 120. The van der Waals surface area contributed by atoms with Gasteiger partial charge in [0.2, 0.25) is 0 Å². The van der Waals surface area contributed by atoms with E-state index in [-0.39, 0.29) is 33.8 Å². The molecule has 6 aromatic carbocycles. The predicted octanol–water partition coefficient (Wildman–Crippen LogP) is 9.25. The molecule has 0 saturated heterocycles. The number of nitrogens with zero attached hydrogens (tertiary/aromatic N) is 2. The first-order valence-corrected chi connectivity index (χ1v) is 31.3. The Balaban J connectivity index is 0.000000507. The first-order valence-electron chi connectivity index (χ1n) is 28.5. The van der Waals surface area contributed by atoms with Crippen molar-refractivity contribution in [3.63, 3.8) is 0 Å². The molecule has 0 radical (unpaired) electrons. The number of benzene rings is 6. The van der Waals surface area contributed by atoms with Gasteiger partial charge in [-0.15, -0.1) is 0 Å². The van der Waals surface area contributed by atoms with Crippen LogP contribution in [0.25, 0.3) is 0 Å². The number of rotatable bonds is 26. The molecule has 0 amide bonds. The van der Waals surface area contributed by atoms with Crippen LogP contribution in [0.2, 0.25) is 0 Å². The Bertz CT molecular complexity index is 3230. The molecular formula is C65H82N2O18S2. The van der Waals surface area contributed by atoms with Crippen molar-refractivity contribution in [3.8, 4) is 46.0 Å². The van der Waals surface area contributed by atoms with E-state index in [9.17, 15) is 35.5 Å². The molecule has 4 atom stereocenters. The quantitative estimate of drug-likeness (QED) is 0.0213. The number of likely N-dealkylation sites (N-methyl/N-ethyl adjacent to an activating group) is 2. The number of hydrogen-bond acceptors (Lipinski definition) is 18. The summed E-state index contributed by atoms with van der Waals surface area (Å²) in [6, 6.07) is 34.9. The van der Waals surface area contributed by atoms with Crippen LogP contribution >= 0.6 is 0 Å². The molecule has 2 heterocycles. The number of fused-ring (bicyclic) bond motifs is 2. The number of ether oxygens (including phenoxy) is 10. The number of carbonyl (C=O) groups excluding carboxylic acids is 2. The molecule has 22 heteroatoms. The molecule has 2 aliphatic rings. The van der Waals surface area contributed by atoms with Crippen molar-refractivity contribution in [2.24, 2.45) is 0 Å². The third-order valence-corrected chi connectivity index (χ3v) is 17.8. The van der Waals surface area contributed by atoms with Gasteiger partial charge in [-0.1, -0.05) is 48.5 Å². The van der Waals surface area contributed by atoms with Crippen molar-refractivity contribution in [3.05, 3.63) is 155 Å². The maximum absolute atomic E-state index is 13.2. The van der Waals surface area contributed by atoms with Gasteiger partial charge in [-0.2, -0.15) is 0 Å². The molecule has 472 valence electrons. The van der Waals surface area contributed by atoms with E-state index in [0.717, 1.165) is 56.3 Å². The Hall–Kier alpha value is -7.60. The van der Waals surface area contributed by atoms with E-state index >= 15 is 0 Å². The molecular weight excluding hydrogens is 1160 g/mol. The normalized spacial score (nSPS) is 17.7. The number of carbonyl (C=O) groups is 2. The van der Waals surface area contributed by atoms with E-state index in [2.05, 4.69) is 50.5 Å². The molecule has 0 fully saturated rings. The van der Waals surface area contributed by atoms with Gasteiger partial charge in [0.25, 0.3) is 0 Å². The maximum Gasteiger partial charge on any atom is 0.311 e. The highest BCUT2D eigenvalue weighted by Crippen LogP contribution is 2.45. The van der Waals surface area contributed by atoms with E-state index in [1.165, 1.54) is 70.8 Å². The molecule has 87 heavy (non-hydrogen) atoms. The average Bonchev–Trinajstić information content (AvgIpc) is 1.78. The van der Waals surface area contributed by atoms with Crippen LogP contribution in [-0.4, -0.2) is 157 Å². The lowest BCUT2D eigenvalue weighted by Gasteiger charge is -2.46. The highest BCUT2D eigenvalue weighted by Gasteiger charge is 2.42. The number of esters is 2. The second-order valence-electron chi connectivity index (χ2n) is 21.5. The second-order valence-corrected chi connectivity index (χ2v) is 24.3. The van der Waals surface area contributed by atoms with Gasteiger partial charge in [-0.25, -0.2) is 16.8 Å². The first kappa shape index (κ1) is 68.5. The SMILES string of the molecule is COc1ccc(C[C@H]2c3cc(OC)c(OC)cc3CC[N@+]2(C)CCC(=O)OCCCCCOC(=O)CC[N@@+]2(C)CCc3cc(OC)c(OC)cc3[C@@H]2Cc2ccc(OC)c(OC)c2)cc1OC.O=S(=O)([O-])c1ccccc1.O=S(=O)([O-])c1ccccc1. The van der Waals surface area contributed by atoms with Crippen LogP contribution in [0.5, 0.6) is 46.0 Å². The summed E-state index contributed by atoms with van der Waals surface area (Å²) in [5.41, 5.74) is 7.00. The average molecular weight is 1240 g/mol. The second kappa shape index (κ2) is 31.9. The van der Waals surface area contributed by atoms with E-state index in [1.54, 1.807) is 69.0 Å². The van der Waals surface area contributed by atoms with Crippen LogP contribution in [0.3, 0.4) is 0 Å².